The van der Waals surface area contributed by atoms with Gasteiger partial charge in [0.2, 0.25) is 0 Å². The Morgan fingerprint density at radius 1 is 1.33 bits per heavy atom. The van der Waals surface area contributed by atoms with Crippen molar-refractivity contribution in [1.82, 2.24) is 14.8 Å². The molecule has 2 rings (SSSR count). The number of rotatable bonds is 4. The third-order valence-corrected chi connectivity index (χ3v) is 5.30. The van der Waals surface area contributed by atoms with Crippen molar-refractivity contribution in [2.45, 2.75) is 46.1 Å². The van der Waals surface area contributed by atoms with Gasteiger partial charge in [-0.1, -0.05) is 13.8 Å². The number of hydrogen-bond acceptors (Lipinski definition) is 4. The molecule has 18 heavy (non-hydrogen) atoms. The van der Waals surface area contributed by atoms with Crippen LogP contribution in [-0.2, 0) is 29.2 Å². The topological polar surface area (TPSA) is 64.8 Å². The van der Waals surface area contributed by atoms with Crippen molar-refractivity contribution >= 4 is 9.84 Å². The minimum absolute atomic E-state index is 0.195. The van der Waals surface area contributed by atoms with E-state index in [0.29, 0.717) is 18.1 Å². The Morgan fingerprint density at radius 3 is 2.72 bits per heavy atom. The minimum atomic E-state index is -2.83. The molecule has 1 aromatic rings. The highest BCUT2D eigenvalue weighted by molar-refractivity contribution is 7.91. The van der Waals surface area contributed by atoms with E-state index in [1.54, 1.807) is 0 Å². The van der Waals surface area contributed by atoms with Crippen molar-refractivity contribution in [1.29, 1.82) is 0 Å². The molecule has 2 heterocycles. The first kappa shape index (κ1) is 13.5. The Morgan fingerprint density at radius 2 is 2.11 bits per heavy atom. The molecule has 102 valence electrons. The maximum Gasteiger partial charge on any atom is 0.150 e. The van der Waals surface area contributed by atoms with Gasteiger partial charge in [0.25, 0.3) is 0 Å². The number of aryl methyl sites for hydroxylation is 2. The zero-order valence-electron chi connectivity index (χ0n) is 11.1. The van der Waals surface area contributed by atoms with Gasteiger partial charge in [-0.05, 0) is 18.8 Å². The number of aromatic nitrogens is 3. The molecule has 1 unspecified atom stereocenters. The van der Waals surface area contributed by atoms with E-state index in [9.17, 15) is 8.42 Å². The summed E-state index contributed by atoms with van der Waals surface area (Å²) < 4.78 is 25.2. The van der Waals surface area contributed by atoms with Crippen LogP contribution in [0.15, 0.2) is 0 Å². The molecule has 0 radical (unpaired) electrons. The fourth-order valence-electron chi connectivity index (χ4n) is 2.49. The maximum atomic E-state index is 11.6. The van der Waals surface area contributed by atoms with Gasteiger partial charge in [0, 0.05) is 19.4 Å². The molecule has 0 aromatic carbocycles. The molecule has 0 amide bonds. The van der Waals surface area contributed by atoms with E-state index < -0.39 is 9.84 Å². The monoisotopic (exact) mass is 271 g/mol. The van der Waals surface area contributed by atoms with E-state index in [-0.39, 0.29) is 5.92 Å². The predicted octanol–water partition coefficient (Wildman–Crippen LogP) is 1.23. The molecule has 1 atom stereocenters. The Labute approximate surface area is 109 Å². The molecule has 0 spiro atoms. The normalized spacial score (nSPS) is 23.1. The summed E-state index contributed by atoms with van der Waals surface area (Å²) in [5, 5.41) is 4.45. The molecule has 0 N–H and O–H groups in total. The lowest BCUT2D eigenvalue weighted by atomic mass is 10.1. The summed E-state index contributed by atoms with van der Waals surface area (Å²) in [6, 6.07) is 0. The van der Waals surface area contributed by atoms with Gasteiger partial charge in [0.1, 0.15) is 5.82 Å². The van der Waals surface area contributed by atoms with Gasteiger partial charge in [0.05, 0.1) is 11.5 Å². The van der Waals surface area contributed by atoms with Crippen LogP contribution in [0.1, 0.15) is 38.3 Å². The van der Waals surface area contributed by atoms with Crippen LogP contribution in [0.25, 0.3) is 0 Å². The summed E-state index contributed by atoms with van der Waals surface area (Å²) >= 11 is 0. The van der Waals surface area contributed by atoms with Gasteiger partial charge in [-0.2, -0.15) is 5.10 Å². The number of sulfone groups is 1. The number of nitrogens with zero attached hydrogens (tertiary/aromatic N) is 3. The van der Waals surface area contributed by atoms with Crippen LogP contribution in [-0.4, -0.2) is 34.7 Å². The second-order valence-electron chi connectivity index (χ2n) is 4.96. The molecule has 1 saturated heterocycles. The maximum absolute atomic E-state index is 11.6. The average molecular weight is 271 g/mol. The van der Waals surface area contributed by atoms with E-state index in [1.165, 1.54) is 0 Å². The molecule has 0 aliphatic carbocycles. The predicted molar refractivity (Wildman–Crippen MR) is 70.2 cm³/mol. The Hall–Kier alpha value is -0.910. The minimum Gasteiger partial charge on any atom is -0.250 e. The zero-order valence-corrected chi connectivity index (χ0v) is 11.9. The second-order valence-corrected chi connectivity index (χ2v) is 7.18. The molecular formula is C12H21N3O2S. The molecule has 1 aliphatic heterocycles. The van der Waals surface area contributed by atoms with Crippen molar-refractivity contribution in [3.05, 3.63) is 11.6 Å². The second kappa shape index (κ2) is 5.38. The highest BCUT2D eigenvalue weighted by Gasteiger charge is 2.25. The lowest BCUT2D eigenvalue weighted by molar-refractivity contribution is 0.397. The highest BCUT2D eigenvalue weighted by Crippen LogP contribution is 2.20. The molecule has 0 saturated carbocycles. The van der Waals surface area contributed by atoms with Gasteiger partial charge in [-0.3, -0.25) is 0 Å². The lowest BCUT2D eigenvalue weighted by Crippen LogP contribution is -2.29. The summed E-state index contributed by atoms with van der Waals surface area (Å²) in [4.78, 5) is 4.45. The van der Waals surface area contributed by atoms with E-state index in [2.05, 4.69) is 17.0 Å². The molecule has 5 nitrogen and oxygen atoms in total. The van der Waals surface area contributed by atoms with Crippen LogP contribution in [0.4, 0.5) is 0 Å². The van der Waals surface area contributed by atoms with Crippen molar-refractivity contribution in [3.8, 4) is 0 Å². The van der Waals surface area contributed by atoms with Crippen LogP contribution in [0.5, 0.6) is 0 Å². The molecule has 0 bridgehead atoms. The van der Waals surface area contributed by atoms with Crippen molar-refractivity contribution < 1.29 is 8.42 Å². The fraction of sp³-hybridized carbons (Fsp3) is 0.833. The smallest absolute Gasteiger partial charge is 0.150 e. The molecule has 1 aliphatic rings. The van der Waals surface area contributed by atoms with Gasteiger partial charge in [-0.25, -0.2) is 18.1 Å². The highest BCUT2D eigenvalue weighted by atomic mass is 32.2. The van der Waals surface area contributed by atoms with E-state index in [1.807, 2.05) is 11.6 Å². The number of hydrogen-bond donors (Lipinski definition) is 0. The summed E-state index contributed by atoms with van der Waals surface area (Å²) in [5.74, 6) is 2.67. The Bertz CT molecular complexity index is 507. The molecule has 1 aromatic heterocycles. The molecule has 1 fully saturated rings. The van der Waals surface area contributed by atoms with E-state index in [0.717, 1.165) is 37.3 Å². The van der Waals surface area contributed by atoms with Crippen LogP contribution in [0, 0.1) is 5.92 Å². The van der Waals surface area contributed by atoms with Crippen molar-refractivity contribution in [2.24, 2.45) is 5.92 Å². The molecule has 6 heteroatoms. The first-order valence-electron chi connectivity index (χ1n) is 6.67. The van der Waals surface area contributed by atoms with Gasteiger partial charge >= 0.3 is 0 Å². The average Bonchev–Trinajstić information content (AvgIpc) is 2.70. The summed E-state index contributed by atoms with van der Waals surface area (Å²) in [5.41, 5.74) is 0. The Kier molecular flexibility index (Phi) is 4.04. The van der Waals surface area contributed by atoms with Crippen LogP contribution >= 0.6 is 0 Å². The zero-order chi connectivity index (χ0) is 13.2. The largest absolute Gasteiger partial charge is 0.250 e. The van der Waals surface area contributed by atoms with Gasteiger partial charge in [0.15, 0.2) is 15.7 Å². The lowest BCUT2D eigenvalue weighted by Gasteiger charge is -2.22. The SMILES string of the molecule is CCc1nc(CC)n(CC2CCCS(=O)(=O)C2)n1. The van der Waals surface area contributed by atoms with Crippen molar-refractivity contribution in [3.63, 3.8) is 0 Å². The van der Waals surface area contributed by atoms with Crippen LogP contribution in [0.3, 0.4) is 0 Å². The first-order valence-corrected chi connectivity index (χ1v) is 8.49. The third kappa shape index (κ3) is 3.10. The van der Waals surface area contributed by atoms with Crippen molar-refractivity contribution in [2.75, 3.05) is 11.5 Å². The van der Waals surface area contributed by atoms with Crippen LogP contribution in [0.2, 0.25) is 0 Å². The van der Waals surface area contributed by atoms with Crippen LogP contribution < -0.4 is 0 Å². The third-order valence-electron chi connectivity index (χ3n) is 3.41. The summed E-state index contributed by atoms with van der Waals surface area (Å²) in [7, 11) is -2.83. The summed E-state index contributed by atoms with van der Waals surface area (Å²) in [6.07, 6.45) is 3.42. The molecular weight excluding hydrogens is 250 g/mol. The standard InChI is InChI=1S/C12H21N3O2S/c1-3-11-13-12(4-2)15(14-11)8-10-6-5-7-18(16,17)9-10/h10H,3-9H2,1-2H3. The summed E-state index contributed by atoms with van der Waals surface area (Å²) in [6.45, 7) is 4.77. The van der Waals surface area contributed by atoms with Gasteiger partial charge in [-0.15, -0.1) is 0 Å². The Balaban J connectivity index is 2.11. The van der Waals surface area contributed by atoms with Gasteiger partial charge < -0.3 is 0 Å². The van der Waals surface area contributed by atoms with E-state index in [4.69, 9.17) is 0 Å². The quantitative estimate of drug-likeness (QED) is 0.826. The first-order chi connectivity index (χ1) is 8.54. The fourth-order valence-corrected chi connectivity index (χ4v) is 4.25. The van der Waals surface area contributed by atoms with E-state index >= 15 is 0 Å².